The molecule has 0 radical (unpaired) electrons. The number of aliphatic carboxylic acids is 1. The molecule has 0 bridgehead atoms. The van der Waals surface area contributed by atoms with Crippen LogP contribution in [-0.4, -0.2) is 32.4 Å². The van der Waals surface area contributed by atoms with Gasteiger partial charge in [0.15, 0.2) is 11.5 Å². The Morgan fingerprint density at radius 3 is 2.08 bits per heavy atom. The second kappa shape index (κ2) is 8.21. The fraction of sp³-hybridized carbons (Fsp3) is 0.278. The normalized spacial score (nSPS) is 11.6. The van der Waals surface area contributed by atoms with Gasteiger partial charge in [-0.3, -0.25) is 10.1 Å². The van der Waals surface area contributed by atoms with Gasteiger partial charge in [-0.05, 0) is 23.3 Å². The largest absolute Gasteiger partial charge is 0.493 e. The van der Waals surface area contributed by atoms with E-state index in [1.165, 1.54) is 7.11 Å². The molecule has 128 valence electrons. The topological polar surface area (TPSA) is 77.0 Å². The molecule has 6 heteroatoms. The predicted octanol–water partition coefficient (Wildman–Crippen LogP) is 2.63. The Bertz CT molecular complexity index is 662. The molecule has 0 aromatic heterocycles. The van der Waals surface area contributed by atoms with E-state index in [4.69, 9.17) is 14.2 Å². The van der Waals surface area contributed by atoms with Gasteiger partial charge in [0.2, 0.25) is 5.75 Å². The monoisotopic (exact) mass is 331 g/mol. The van der Waals surface area contributed by atoms with Gasteiger partial charge in [-0.15, -0.1) is 0 Å². The molecule has 1 atom stereocenters. The standard InChI is InChI=1S/C18H21NO5/c1-22-14-9-12(10-15(23-2)17(14)24-3)11-19-16(18(20)21)13-7-5-4-6-8-13/h4-10,16,19H,11H2,1-3H3,(H,20,21)/t16-/m1/s1. The third-order valence-corrected chi connectivity index (χ3v) is 3.61. The average Bonchev–Trinajstić information content (AvgIpc) is 2.61. The maximum atomic E-state index is 11.5. The van der Waals surface area contributed by atoms with E-state index < -0.39 is 12.0 Å². The molecule has 2 aromatic rings. The van der Waals surface area contributed by atoms with Crippen LogP contribution in [-0.2, 0) is 11.3 Å². The van der Waals surface area contributed by atoms with Crippen molar-refractivity contribution < 1.29 is 24.1 Å². The number of carbonyl (C=O) groups is 1. The molecule has 0 unspecified atom stereocenters. The van der Waals surface area contributed by atoms with Crippen LogP contribution in [0.15, 0.2) is 42.5 Å². The summed E-state index contributed by atoms with van der Waals surface area (Å²) in [5.74, 6) is 0.621. The highest BCUT2D eigenvalue weighted by atomic mass is 16.5. The minimum absolute atomic E-state index is 0.336. The molecule has 2 aromatic carbocycles. The number of carboxylic acids is 1. The third-order valence-electron chi connectivity index (χ3n) is 3.61. The van der Waals surface area contributed by atoms with Crippen molar-refractivity contribution in [3.63, 3.8) is 0 Å². The molecule has 0 fully saturated rings. The molecule has 2 N–H and O–H groups in total. The van der Waals surface area contributed by atoms with Gasteiger partial charge in [-0.1, -0.05) is 30.3 Å². The van der Waals surface area contributed by atoms with E-state index in [1.54, 1.807) is 38.5 Å². The van der Waals surface area contributed by atoms with E-state index in [0.717, 1.165) is 5.56 Å². The lowest BCUT2D eigenvalue weighted by atomic mass is 10.1. The smallest absolute Gasteiger partial charge is 0.325 e. The Morgan fingerprint density at radius 2 is 1.62 bits per heavy atom. The number of hydrogen-bond acceptors (Lipinski definition) is 5. The van der Waals surface area contributed by atoms with E-state index in [1.807, 2.05) is 18.2 Å². The second-order valence-corrected chi connectivity index (χ2v) is 5.10. The zero-order chi connectivity index (χ0) is 17.5. The number of nitrogens with one attached hydrogen (secondary N) is 1. The van der Waals surface area contributed by atoms with Crippen molar-refractivity contribution in [3.8, 4) is 17.2 Å². The number of ether oxygens (including phenoxy) is 3. The van der Waals surface area contributed by atoms with Crippen molar-refractivity contribution in [2.45, 2.75) is 12.6 Å². The van der Waals surface area contributed by atoms with Crippen molar-refractivity contribution in [1.82, 2.24) is 5.32 Å². The Balaban J connectivity index is 2.22. The van der Waals surface area contributed by atoms with Crippen LogP contribution in [0.4, 0.5) is 0 Å². The lowest BCUT2D eigenvalue weighted by Gasteiger charge is -2.17. The number of hydrogen-bond donors (Lipinski definition) is 2. The van der Waals surface area contributed by atoms with Crippen LogP contribution in [0.2, 0.25) is 0 Å². The van der Waals surface area contributed by atoms with Crippen LogP contribution in [0.3, 0.4) is 0 Å². The molecule has 0 saturated heterocycles. The maximum Gasteiger partial charge on any atom is 0.325 e. The lowest BCUT2D eigenvalue weighted by molar-refractivity contribution is -0.139. The zero-order valence-corrected chi connectivity index (χ0v) is 13.9. The van der Waals surface area contributed by atoms with Gasteiger partial charge in [0.1, 0.15) is 6.04 Å². The van der Waals surface area contributed by atoms with Crippen LogP contribution in [0, 0.1) is 0 Å². The highest BCUT2D eigenvalue weighted by Crippen LogP contribution is 2.38. The van der Waals surface area contributed by atoms with Crippen LogP contribution >= 0.6 is 0 Å². The van der Waals surface area contributed by atoms with Gasteiger partial charge in [-0.25, -0.2) is 0 Å². The third kappa shape index (κ3) is 3.97. The molecule has 0 aliphatic carbocycles. The van der Waals surface area contributed by atoms with Gasteiger partial charge >= 0.3 is 5.97 Å². The summed E-state index contributed by atoms with van der Waals surface area (Å²) in [6, 6.07) is 11.8. The van der Waals surface area contributed by atoms with Crippen molar-refractivity contribution in [2.75, 3.05) is 21.3 Å². The quantitative estimate of drug-likeness (QED) is 0.774. The number of benzene rings is 2. The van der Waals surface area contributed by atoms with Gasteiger partial charge in [0, 0.05) is 6.54 Å². The SMILES string of the molecule is COc1cc(CN[C@@H](C(=O)O)c2ccccc2)cc(OC)c1OC. The van der Waals surface area contributed by atoms with E-state index in [0.29, 0.717) is 29.4 Å². The lowest BCUT2D eigenvalue weighted by Crippen LogP contribution is -2.28. The van der Waals surface area contributed by atoms with Gasteiger partial charge in [0.05, 0.1) is 21.3 Å². The Kier molecular flexibility index (Phi) is 6.03. The maximum absolute atomic E-state index is 11.5. The first-order valence-corrected chi connectivity index (χ1v) is 7.40. The van der Waals surface area contributed by atoms with Crippen molar-refractivity contribution in [3.05, 3.63) is 53.6 Å². The van der Waals surface area contributed by atoms with E-state index in [-0.39, 0.29) is 0 Å². The minimum Gasteiger partial charge on any atom is -0.493 e. The first-order valence-electron chi connectivity index (χ1n) is 7.40. The van der Waals surface area contributed by atoms with Crippen LogP contribution in [0.5, 0.6) is 17.2 Å². The fourth-order valence-corrected chi connectivity index (χ4v) is 2.45. The summed E-state index contributed by atoms with van der Waals surface area (Å²) in [6.45, 7) is 0.336. The summed E-state index contributed by atoms with van der Waals surface area (Å²) >= 11 is 0. The van der Waals surface area contributed by atoms with Crippen LogP contribution in [0.25, 0.3) is 0 Å². The molecule has 0 aliphatic rings. The average molecular weight is 331 g/mol. The Morgan fingerprint density at radius 1 is 1.04 bits per heavy atom. The summed E-state index contributed by atoms with van der Waals surface area (Å²) < 4.78 is 15.9. The zero-order valence-electron chi connectivity index (χ0n) is 13.9. The Labute approximate surface area is 141 Å². The summed E-state index contributed by atoms with van der Waals surface area (Å²) in [4.78, 5) is 11.5. The van der Waals surface area contributed by atoms with E-state index in [2.05, 4.69) is 5.32 Å². The predicted molar refractivity (Wildman–Crippen MR) is 89.8 cm³/mol. The highest BCUT2D eigenvalue weighted by Gasteiger charge is 2.20. The van der Waals surface area contributed by atoms with Crippen molar-refractivity contribution in [2.24, 2.45) is 0 Å². The van der Waals surface area contributed by atoms with Crippen molar-refractivity contribution in [1.29, 1.82) is 0 Å². The highest BCUT2D eigenvalue weighted by molar-refractivity contribution is 5.75. The molecule has 0 amide bonds. The van der Waals surface area contributed by atoms with Gasteiger partial charge < -0.3 is 19.3 Å². The molecule has 0 heterocycles. The van der Waals surface area contributed by atoms with Crippen LogP contribution in [0.1, 0.15) is 17.2 Å². The molecule has 0 aliphatic heterocycles. The summed E-state index contributed by atoms with van der Waals surface area (Å²) in [5, 5.41) is 12.5. The molecule has 24 heavy (non-hydrogen) atoms. The fourth-order valence-electron chi connectivity index (χ4n) is 2.45. The second-order valence-electron chi connectivity index (χ2n) is 5.10. The first kappa shape index (κ1) is 17.6. The molecular weight excluding hydrogens is 310 g/mol. The first-order chi connectivity index (χ1) is 11.6. The molecule has 6 nitrogen and oxygen atoms in total. The molecular formula is C18H21NO5. The van der Waals surface area contributed by atoms with Crippen LogP contribution < -0.4 is 19.5 Å². The van der Waals surface area contributed by atoms with E-state index >= 15 is 0 Å². The Hall–Kier alpha value is -2.73. The summed E-state index contributed by atoms with van der Waals surface area (Å²) in [6.07, 6.45) is 0. The number of rotatable bonds is 8. The summed E-state index contributed by atoms with van der Waals surface area (Å²) in [7, 11) is 4.62. The molecule has 0 spiro atoms. The van der Waals surface area contributed by atoms with E-state index in [9.17, 15) is 9.90 Å². The molecule has 0 saturated carbocycles. The van der Waals surface area contributed by atoms with Crippen molar-refractivity contribution >= 4 is 5.97 Å². The minimum atomic E-state index is -0.936. The number of carboxylic acid groups (broad SMARTS) is 1. The van der Waals surface area contributed by atoms with Gasteiger partial charge in [0.25, 0.3) is 0 Å². The summed E-state index contributed by atoms with van der Waals surface area (Å²) in [5.41, 5.74) is 1.52. The molecule has 2 rings (SSSR count). The van der Waals surface area contributed by atoms with Gasteiger partial charge in [-0.2, -0.15) is 0 Å². The number of methoxy groups -OCH3 is 3.